The minimum Gasteiger partial charge on any atom is -0.477 e. The van der Waals surface area contributed by atoms with Gasteiger partial charge in [-0.15, -0.1) is 0 Å². The van der Waals surface area contributed by atoms with Gasteiger partial charge < -0.3 is 9.15 Å². The fourth-order valence-corrected chi connectivity index (χ4v) is 4.27. The van der Waals surface area contributed by atoms with Crippen LogP contribution in [0, 0.1) is 6.92 Å². The Morgan fingerprint density at radius 2 is 1.96 bits per heavy atom. The number of hydrogen-bond acceptors (Lipinski definition) is 4. The SMILES string of the molecule is CCc1cc(=O)oc2c(C)c3c(cc12)CN(CCc1ccc(Cl)cc1Cl)CO3. The molecule has 0 spiro atoms. The normalized spacial score (nSPS) is 14.1. The van der Waals surface area contributed by atoms with Crippen LogP contribution < -0.4 is 10.4 Å². The monoisotopic (exact) mass is 417 g/mol. The van der Waals surface area contributed by atoms with Gasteiger partial charge in [0.15, 0.2) is 0 Å². The molecular formula is C22H21Cl2NO3. The molecule has 3 aromatic rings. The van der Waals surface area contributed by atoms with Crippen LogP contribution in [0.5, 0.6) is 5.75 Å². The Bertz CT molecular complexity index is 1110. The Morgan fingerprint density at radius 3 is 2.71 bits per heavy atom. The maximum atomic E-state index is 11.9. The summed E-state index contributed by atoms with van der Waals surface area (Å²) in [5, 5.41) is 2.32. The van der Waals surface area contributed by atoms with Gasteiger partial charge in [-0.3, -0.25) is 4.90 Å². The second-order valence-electron chi connectivity index (χ2n) is 7.12. The van der Waals surface area contributed by atoms with E-state index in [9.17, 15) is 4.79 Å². The number of ether oxygens (including phenoxy) is 1. The van der Waals surface area contributed by atoms with Crippen LogP contribution in [0.15, 0.2) is 39.5 Å². The van der Waals surface area contributed by atoms with Crippen LogP contribution in [-0.4, -0.2) is 18.2 Å². The van der Waals surface area contributed by atoms with Crippen LogP contribution in [0.25, 0.3) is 11.0 Å². The minimum atomic E-state index is -0.315. The molecule has 0 bridgehead atoms. The van der Waals surface area contributed by atoms with E-state index in [1.807, 2.05) is 26.0 Å². The van der Waals surface area contributed by atoms with Gasteiger partial charge in [-0.05, 0) is 49.1 Å². The summed E-state index contributed by atoms with van der Waals surface area (Å²) in [6.07, 6.45) is 1.59. The molecule has 1 aliphatic rings. The van der Waals surface area contributed by atoms with Gasteiger partial charge in [-0.1, -0.05) is 36.2 Å². The number of aryl methyl sites for hydroxylation is 2. The van der Waals surface area contributed by atoms with Gasteiger partial charge >= 0.3 is 5.63 Å². The van der Waals surface area contributed by atoms with Crippen molar-refractivity contribution in [2.24, 2.45) is 0 Å². The Kier molecular flexibility index (Phi) is 5.37. The standard InChI is InChI=1S/C22H21Cl2NO3/c1-3-14-9-20(26)28-22-13(2)21-16(8-18(14)22)11-25(12-27-21)7-6-15-4-5-17(23)10-19(15)24/h4-5,8-10H,3,6-7,11-12H2,1-2H3. The topological polar surface area (TPSA) is 42.7 Å². The number of hydrogen-bond donors (Lipinski definition) is 0. The van der Waals surface area contributed by atoms with E-state index in [1.54, 1.807) is 12.1 Å². The van der Waals surface area contributed by atoms with E-state index in [1.165, 1.54) is 0 Å². The third-order valence-corrected chi connectivity index (χ3v) is 5.84. The molecule has 1 aromatic heterocycles. The molecule has 0 fully saturated rings. The average molecular weight is 418 g/mol. The summed E-state index contributed by atoms with van der Waals surface area (Å²) in [7, 11) is 0. The lowest BCUT2D eigenvalue weighted by molar-refractivity contribution is 0.0959. The first-order valence-corrected chi connectivity index (χ1v) is 10.1. The molecule has 0 saturated carbocycles. The fourth-order valence-electron chi connectivity index (χ4n) is 3.77. The quantitative estimate of drug-likeness (QED) is 0.535. The zero-order valence-electron chi connectivity index (χ0n) is 15.9. The van der Waals surface area contributed by atoms with Crippen molar-refractivity contribution < 1.29 is 9.15 Å². The van der Waals surface area contributed by atoms with Crippen LogP contribution in [0.3, 0.4) is 0 Å². The summed E-state index contributed by atoms with van der Waals surface area (Å²) in [5.74, 6) is 0.824. The zero-order chi connectivity index (χ0) is 19.8. The van der Waals surface area contributed by atoms with Crippen molar-refractivity contribution in [3.8, 4) is 5.75 Å². The highest BCUT2D eigenvalue weighted by atomic mass is 35.5. The van der Waals surface area contributed by atoms with Crippen molar-refractivity contribution in [3.63, 3.8) is 0 Å². The molecule has 0 saturated heterocycles. The number of nitrogens with zero attached hydrogens (tertiary/aromatic N) is 1. The lowest BCUT2D eigenvalue weighted by atomic mass is 9.99. The van der Waals surface area contributed by atoms with Gasteiger partial charge in [0.1, 0.15) is 18.1 Å². The molecule has 0 atom stereocenters. The summed E-state index contributed by atoms with van der Waals surface area (Å²) in [4.78, 5) is 14.1. The highest BCUT2D eigenvalue weighted by Crippen LogP contribution is 2.36. The van der Waals surface area contributed by atoms with Crippen molar-refractivity contribution in [2.45, 2.75) is 33.2 Å². The molecule has 0 amide bonds. The molecule has 0 unspecified atom stereocenters. The number of fused-ring (bicyclic) bond motifs is 2. The van der Waals surface area contributed by atoms with Gasteiger partial charge in [-0.2, -0.15) is 0 Å². The van der Waals surface area contributed by atoms with E-state index in [2.05, 4.69) is 11.0 Å². The molecule has 2 aromatic carbocycles. The highest BCUT2D eigenvalue weighted by molar-refractivity contribution is 6.35. The van der Waals surface area contributed by atoms with Gasteiger partial charge in [0.25, 0.3) is 0 Å². The second-order valence-corrected chi connectivity index (χ2v) is 7.97. The molecule has 6 heteroatoms. The lowest BCUT2D eigenvalue weighted by Crippen LogP contribution is -2.34. The number of halogens is 2. The first-order chi connectivity index (χ1) is 13.5. The number of rotatable bonds is 4. The predicted molar refractivity (Wildman–Crippen MR) is 113 cm³/mol. The summed E-state index contributed by atoms with van der Waals surface area (Å²) in [6.45, 7) is 6.08. The molecule has 0 radical (unpaired) electrons. The highest BCUT2D eigenvalue weighted by Gasteiger charge is 2.23. The van der Waals surface area contributed by atoms with Crippen LogP contribution in [0.2, 0.25) is 10.0 Å². The van der Waals surface area contributed by atoms with Gasteiger partial charge in [-0.25, -0.2) is 4.79 Å². The lowest BCUT2D eigenvalue weighted by Gasteiger charge is -2.30. The van der Waals surface area contributed by atoms with E-state index < -0.39 is 0 Å². The van der Waals surface area contributed by atoms with Crippen LogP contribution in [-0.2, 0) is 19.4 Å². The van der Waals surface area contributed by atoms with Gasteiger partial charge in [0.05, 0.1) is 0 Å². The molecule has 28 heavy (non-hydrogen) atoms. The third kappa shape index (κ3) is 3.64. The van der Waals surface area contributed by atoms with Gasteiger partial charge in [0.2, 0.25) is 0 Å². The molecule has 0 N–H and O–H groups in total. The van der Waals surface area contributed by atoms with E-state index >= 15 is 0 Å². The van der Waals surface area contributed by atoms with E-state index in [0.29, 0.717) is 22.4 Å². The van der Waals surface area contributed by atoms with E-state index in [0.717, 1.165) is 59.3 Å². The molecular weight excluding hydrogens is 397 g/mol. The van der Waals surface area contributed by atoms with Crippen LogP contribution in [0.1, 0.15) is 29.2 Å². The Balaban J connectivity index is 1.60. The molecule has 4 nitrogen and oxygen atoms in total. The maximum Gasteiger partial charge on any atom is 0.336 e. The Morgan fingerprint density at radius 1 is 1.14 bits per heavy atom. The Hall–Kier alpha value is -2.01. The zero-order valence-corrected chi connectivity index (χ0v) is 17.4. The summed E-state index contributed by atoms with van der Waals surface area (Å²) < 4.78 is 11.5. The van der Waals surface area contributed by atoms with Gasteiger partial charge in [0, 0.05) is 45.7 Å². The van der Waals surface area contributed by atoms with Crippen molar-refractivity contribution in [3.05, 3.63) is 73.1 Å². The smallest absolute Gasteiger partial charge is 0.336 e. The van der Waals surface area contributed by atoms with E-state index in [4.69, 9.17) is 32.4 Å². The summed E-state index contributed by atoms with van der Waals surface area (Å²) >= 11 is 12.3. The van der Waals surface area contributed by atoms with Crippen LogP contribution >= 0.6 is 23.2 Å². The van der Waals surface area contributed by atoms with Crippen LogP contribution in [0.4, 0.5) is 0 Å². The van der Waals surface area contributed by atoms with Crippen molar-refractivity contribution >= 4 is 34.2 Å². The van der Waals surface area contributed by atoms with Crippen molar-refractivity contribution in [1.29, 1.82) is 0 Å². The molecule has 1 aliphatic heterocycles. The minimum absolute atomic E-state index is 0.315. The molecule has 4 rings (SSSR count). The van der Waals surface area contributed by atoms with Crippen molar-refractivity contribution in [2.75, 3.05) is 13.3 Å². The maximum absolute atomic E-state index is 11.9. The summed E-state index contributed by atoms with van der Waals surface area (Å²) in [5.41, 5.74) is 4.39. The first kappa shape index (κ1) is 19.3. The molecule has 146 valence electrons. The molecule has 2 heterocycles. The van der Waals surface area contributed by atoms with Crippen molar-refractivity contribution in [1.82, 2.24) is 4.90 Å². The second kappa shape index (κ2) is 7.78. The average Bonchev–Trinajstić information content (AvgIpc) is 2.67. The fraction of sp³-hybridized carbons (Fsp3) is 0.318. The molecule has 0 aliphatic carbocycles. The number of benzene rings is 2. The van der Waals surface area contributed by atoms with E-state index in [-0.39, 0.29) is 5.63 Å². The third-order valence-electron chi connectivity index (χ3n) is 5.26. The first-order valence-electron chi connectivity index (χ1n) is 9.34. The largest absolute Gasteiger partial charge is 0.477 e. The Labute approximate surface area is 173 Å². The predicted octanol–water partition coefficient (Wildman–Crippen LogP) is 5.37. The summed E-state index contributed by atoms with van der Waals surface area (Å²) in [6, 6.07) is 9.28.